The van der Waals surface area contributed by atoms with E-state index in [9.17, 15) is 0 Å². The van der Waals surface area contributed by atoms with Crippen LogP contribution in [0.5, 0.6) is 0 Å². The number of aromatic nitrogens is 1. The van der Waals surface area contributed by atoms with Gasteiger partial charge in [0.2, 0.25) is 0 Å². The third-order valence-corrected chi connectivity index (χ3v) is 4.90. The Morgan fingerprint density at radius 2 is 1.60 bits per heavy atom. The second-order valence-electron chi connectivity index (χ2n) is 6.62. The molecule has 2 heterocycles. The number of nitrogens with zero attached hydrogens (tertiary/aromatic N) is 1. The maximum Gasteiger partial charge on any atom is 0.161 e. The maximum absolute atomic E-state index is 6.29. The predicted octanol–water partition coefficient (Wildman–Crippen LogP) is 6.42. The van der Waals surface area contributed by atoms with Crippen LogP contribution in [0, 0.1) is 13.8 Å². The molecule has 0 spiro atoms. The molecule has 5 rings (SSSR count). The zero-order valence-electron chi connectivity index (χ0n) is 14.2. The zero-order valence-corrected chi connectivity index (χ0v) is 14.2. The molecule has 0 fully saturated rings. The highest BCUT2D eigenvalue weighted by Gasteiger charge is 2.17. The van der Waals surface area contributed by atoms with Crippen molar-refractivity contribution in [2.75, 3.05) is 0 Å². The first-order chi connectivity index (χ1) is 12.2. The van der Waals surface area contributed by atoms with Crippen molar-refractivity contribution in [3.63, 3.8) is 0 Å². The molecule has 0 atom stereocenters. The smallest absolute Gasteiger partial charge is 0.161 e. The summed E-state index contributed by atoms with van der Waals surface area (Å²) in [5.74, 6) is 0. The van der Waals surface area contributed by atoms with Crippen LogP contribution in [0.2, 0.25) is 0 Å². The summed E-state index contributed by atoms with van der Waals surface area (Å²) >= 11 is 0. The summed E-state index contributed by atoms with van der Waals surface area (Å²) in [5, 5.41) is 4.80. The van der Waals surface area contributed by atoms with Gasteiger partial charge in [0.1, 0.15) is 11.3 Å². The van der Waals surface area contributed by atoms with Crippen LogP contribution in [-0.2, 0) is 0 Å². The van der Waals surface area contributed by atoms with E-state index in [2.05, 4.69) is 79.5 Å². The van der Waals surface area contributed by atoms with Gasteiger partial charge < -0.3 is 4.42 Å². The lowest BCUT2D eigenvalue weighted by molar-refractivity contribution is 0.668. The Morgan fingerprint density at radius 3 is 2.44 bits per heavy atom. The lowest BCUT2D eigenvalue weighted by atomic mass is 10.0. The number of rotatable bonds is 1. The van der Waals surface area contributed by atoms with Gasteiger partial charge in [-0.25, -0.2) is 0 Å². The van der Waals surface area contributed by atoms with Crippen molar-refractivity contribution in [3.8, 4) is 11.3 Å². The van der Waals surface area contributed by atoms with Crippen LogP contribution in [-0.4, -0.2) is 4.98 Å². The quantitative estimate of drug-likeness (QED) is 0.356. The first-order valence-corrected chi connectivity index (χ1v) is 8.49. The molecule has 0 aliphatic heterocycles. The summed E-state index contributed by atoms with van der Waals surface area (Å²) in [6, 6.07) is 21.1. The largest absolute Gasteiger partial charge is 0.454 e. The van der Waals surface area contributed by atoms with Gasteiger partial charge in [-0.15, -0.1) is 0 Å². The van der Waals surface area contributed by atoms with Crippen molar-refractivity contribution >= 4 is 32.7 Å². The first-order valence-electron chi connectivity index (χ1n) is 8.49. The van der Waals surface area contributed by atoms with E-state index >= 15 is 0 Å². The highest BCUT2D eigenvalue weighted by molar-refractivity contribution is 6.21. The fourth-order valence-corrected chi connectivity index (χ4v) is 3.61. The van der Waals surface area contributed by atoms with Crippen LogP contribution in [0.4, 0.5) is 0 Å². The number of fused-ring (bicyclic) bond motifs is 5. The molecular weight excluding hydrogens is 306 g/mol. The Bertz CT molecular complexity index is 1250. The summed E-state index contributed by atoms with van der Waals surface area (Å²) in [4.78, 5) is 4.69. The molecule has 0 unspecified atom stereocenters. The number of benzene rings is 3. The SMILES string of the molecule is Cc1ccc(-c2ncc(C)c3c2oc2ccc4ccccc4c23)cc1. The van der Waals surface area contributed by atoms with Crippen molar-refractivity contribution in [1.29, 1.82) is 0 Å². The number of furan rings is 1. The molecule has 0 bridgehead atoms. The lowest BCUT2D eigenvalue weighted by Crippen LogP contribution is -1.87. The van der Waals surface area contributed by atoms with Crippen LogP contribution in [0.15, 0.2) is 71.3 Å². The van der Waals surface area contributed by atoms with Crippen LogP contribution in [0.25, 0.3) is 44.0 Å². The second kappa shape index (κ2) is 5.18. The molecule has 2 heteroatoms. The Morgan fingerprint density at radius 1 is 0.800 bits per heavy atom. The summed E-state index contributed by atoms with van der Waals surface area (Å²) < 4.78 is 6.29. The van der Waals surface area contributed by atoms with Gasteiger partial charge in [0.25, 0.3) is 0 Å². The van der Waals surface area contributed by atoms with E-state index < -0.39 is 0 Å². The zero-order chi connectivity index (χ0) is 17.0. The Labute approximate surface area is 145 Å². The fourth-order valence-electron chi connectivity index (χ4n) is 3.61. The van der Waals surface area contributed by atoms with E-state index in [4.69, 9.17) is 4.42 Å². The Balaban J connectivity index is 1.95. The molecule has 0 N–H and O–H groups in total. The van der Waals surface area contributed by atoms with Crippen LogP contribution < -0.4 is 0 Å². The summed E-state index contributed by atoms with van der Waals surface area (Å²) in [5.41, 5.74) is 6.15. The van der Waals surface area contributed by atoms with Gasteiger partial charge >= 0.3 is 0 Å². The molecular formula is C23H17NO. The molecule has 3 aromatic carbocycles. The van der Waals surface area contributed by atoms with Gasteiger partial charge in [-0.3, -0.25) is 4.98 Å². The standard InChI is InChI=1S/C23H17NO/c1-14-7-9-17(10-8-14)22-23-20(15(2)13-24-22)21-18-6-4-3-5-16(18)11-12-19(21)25-23/h3-13H,1-2H3. The van der Waals surface area contributed by atoms with E-state index in [-0.39, 0.29) is 0 Å². The molecule has 25 heavy (non-hydrogen) atoms. The number of hydrogen-bond donors (Lipinski definition) is 0. The van der Waals surface area contributed by atoms with Gasteiger partial charge in [0, 0.05) is 22.5 Å². The molecule has 5 aromatic rings. The summed E-state index contributed by atoms with van der Waals surface area (Å²) in [6.45, 7) is 4.19. The molecule has 0 saturated heterocycles. The average molecular weight is 323 g/mol. The Hall–Kier alpha value is -3.13. The van der Waals surface area contributed by atoms with E-state index in [1.54, 1.807) is 0 Å². The second-order valence-corrected chi connectivity index (χ2v) is 6.62. The van der Waals surface area contributed by atoms with E-state index in [1.165, 1.54) is 21.7 Å². The van der Waals surface area contributed by atoms with Crippen LogP contribution >= 0.6 is 0 Å². The average Bonchev–Trinajstić information content (AvgIpc) is 3.04. The van der Waals surface area contributed by atoms with Crippen molar-refractivity contribution in [2.24, 2.45) is 0 Å². The number of hydrogen-bond acceptors (Lipinski definition) is 2. The van der Waals surface area contributed by atoms with E-state index in [0.29, 0.717) is 0 Å². The van der Waals surface area contributed by atoms with E-state index in [0.717, 1.165) is 33.4 Å². The highest BCUT2D eigenvalue weighted by Crippen LogP contribution is 2.39. The molecule has 120 valence electrons. The monoisotopic (exact) mass is 323 g/mol. The topological polar surface area (TPSA) is 26.0 Å². The minimum absolute atomic E-state index is 0.871. The molecule has 0 aliphatic rings. The van der Waals surface area contributed by atoms with Crippen molar-refractivity contribution in [2.45, 2.75) is 13.8 Å². The minimum atomic E-state index is 0.871. The van der Waals surface area contributed by atoms with Gasteiger partial charge in [-0.2, -0.15) is 0 Å². The normalized spacial score (nSPS) is 11.6. The van der Waals surface area contributed by atoms with Crippen molar-refractivity contribution in [3.05, 3.63) is 78.0 Å². The molecule has 0 aliphatic carbocycles. The first kappa shape index (κ1) is 14.2. The maximum atomic E-state index is 6.29. The van der Waals surface area contributed by atoms with Crippen molar-refractivity contribution < 1.29 is 4.42 Å². The minimum Gasteiger partial charge on any atom is -0.454 e. The molecule has 2 aromatic heterocycles. The summed E-state index contributed by atoms with van der Waals surface area (Å²) in [6.07, 6.45) is 1.95. The van der Waals surface area contributed by atoms with Crippen molar-refractivity contribution in [1.82, 2.24) is 4.98 Å². The molecule has 0 amide bonds. The van der Waals surface area contributed by atoms with E-state index in [1.807, 2.05) is 6.20 Å². The predicted molar refractivity (Wildman–Crippen MR) is 104 cm³/mol. The van der Waals surface area contributed by atoms with Crippen LogP contribution in [0.3, 0.4) is 0 Å². The lowest BCUT2D eigenvalue weighted by Gasteiger charge is -2.05. The third-order valence-electron chi connectivity index (χ3n) is 4.90. The van der Waals surface area contributed by atoms with Gasteiger partial charge in [-0.05, 0) is 36.2 Å². The van der Waals surface area contributed by atoms with Gasteiger partial charge in [0.15, 0.2) is 5.58 Å². The highest BCUT2D eigenvalue weighted by atomic mass is 16.3. The number of aryl methyl sites for hydroxylation is 2. The number of pyridine rings is 1. The molecule has 0 radical (unpaired) electrons. The fraction of sp³-hybridized carbons (Fsp3) is 0.0870. The summed E-state index contributed by atoms with van der Waals surface area (Å²) in [7, 11) is 0. The molecule has 2 nitrogen and oxygen atoms in total. The molecule has 0 saturated carbocycles. The van der Waals surface area contributed by atoms with Gasteiger partial charge in [0.05, 0.1) is 0 Å². The van der Waals surface area contributed by atoms with Crippen LogP contribution in [0.1, 0.15) is 11.1 Å². The third kappa shape index (κ3) is 2.07. The Kier molecular flexibility index (Phi) is 2.95. The van der Waals surface area contributed by atoms with Gasteiger partial charge in [-0.1, -0.05) is 60.2 Å².